The summed E-state index contributed by atoms with van der Waals surface area (Å²) in [4.78, 5) is 11.3. The number of hydrogen-bond acceptors (Lipinski definition) is 1. The lowest BCUT2D eigenvalue weighted by Gasteiger charge is -2.46. The Morgan fingerprint density at radius 3 is 1.92 bits per heavy atom. The van der Waals surface area contributed by atoms with E-state index in [0.717, 1.165) is 0 Å². The molecule has 1 heterocycles. The Bertz CT molecular complexity index is 233. The number of β-lactam (4-membered cyclic amide) rings is 1. The molecule has 76 valence electrons. The van der Waals surface area contributed by atoms with Crippen molar-refractivity contribution in [3.63, 3.8) is 0 Å². The van der Waals surface area contributed by atoms with Crippen LogP contribution in [0.1, 0.15) is 0 Å². The fraction of sp³-hybridized carbons (Fsp3) is 0.857. The largest absolute Gasteiger partial charge is 0.348 e. The van der Waals surface area contributed by atoms with Crippen LogP contribution >= 0.6 is 34.8 Å². The molecular weight excluding hydrogens is 249 g/mol. The number of halogens is 3. The molecule has 0 aromatic heterocycles. The van der Waals surface area contributed by atoms with E-state index in [4.69, 9.17) is 34.8 Å². The predicted molar refractivity (Wildman–Crippen MR) is 59.3 cm³/mol. The highest BCUT2D eigenvalue weighted by atomic mass is 35.6. The molecule has 0 aromatic carbocycles. The first-order chi connectivity index (χ1) is 5.64. The minimum absolute atomic E-state index is 0.0236. The van der Waals surface area contributed by atoms with Gasteiger partial charge < -0.3 is 5.32 Å². The van der Waals surface area contributed by atoms with E-state index in [2.05, 4.69) is 25.0 Å². The van der Waals surface area contributed by atoms with Gasteiger partial charge in [-0.1, -0.05) is 54.4 Å². The molecule has 0 saturated carbocycles. The second-order valence-electron chi connectivity index (χ2n) is 4.37. The first-order valence-corrected chi connectivity index (χ1v) is 8.72. The highest BCUT2D eigenvalue weighted by molar-refractivity contribution is 6.82. The van der Waals surface area contributed by atoms with E-state index >= 15 is 0 Å². The molecule has 2 atom stereocenters. The molecule has 1 aliphatic rings. The zero-order chi connectivity index (χ0) is 10.4. The first-order valence-electron chi connectivity index (χ1n) is 4.01. The average Bonchev–Trinajstić information content (AvgIpc) is 1.75. The number of amides is 1. The van der Waals surface area contributed by atoms with Gasteiger partial charge in [0.05, 0.1) is 19.7 Å². The van der Waals surface area contributed by atoms with Gasteiger partial charge >= 0.3 is 0 Å². The van der Waals surface area contributed by atoms with E-state index in [1.54, 1.807) is 0 Å². The fourth-order valence-corrected chi connectivity index (χ4v) is 4.61. The predicted octanol–water partition coefficient (Wildman–Crippen LogP) is 2.56. The lowest BCUT2D eigenvalue weighted by molar-refractivity contribution is -0.128. The number of carbonyl (C=O) groups is 1. The summed E-state index contributed by atoms with van der Waals surface area (Å²) in [5.41, 5.74) is -0.0833. The van der Waals surface area contributed by atoms with Crippen LogP contribution in [0.3, 0.4) is 0 Å². The molecule has 0 spiro atoms. The normalized spacial score (nSPS) is 29.5. The van der Waals surface area contributed by atoms with Gasteiger partial charge in [0.25, 0.3) is 0 Å². The third kappa shape index (κ3) is 2.32. The summed E-state index contributed by atoms with van der Waals surface area (Å²) >= 11 is 17.2. The van der Waals surface area contributed by atoms with Crippen molar-refractivity contribution in [3.05, 3.63) is 0 Å². The number of carbonyl (C=O) groups excluding carboxylic acids is 1. The zero-order valence-electron chi connectivity index (χ0n) is 7.70. The molecule has 2 nitrogen and oxygen atoms in total. The van der Waals surface area contributed by atoms with E-state index in [-0.39, 0.29) is 17.5 Å². The number of alkyl halides is 3. The third-order valence-electron chi connectivity index (χ3n) is 2.20. The molecule has 0 aromatic rings. The van der Waals surface area contributed by atoms with Gasteiger partial charge in [-0.2, -0.15) is 0 Å². The molecular formula is C7H12Cl3NOSi. The standard InChI is InChI=1S/C7H12Cl3NOSi/c1-13(2,3)4-5(7(8,9)10)11-6(4)12/h4-5H,1-3H3,(H,11,12)/t4-,5-/m0/s1. The number of rotatable bonds is 1. The second-order valence-corrected chi connectivity index (χ2v) is 12.1. The summed E-state index contributed by atoms with van der Waals surface area (Å²) < 4.78 is -1.38. The third-order valence-corrected chi connectivity index (χ3v) is 5.37. The Morgan fingerprint density at radius 1 is 1.31 bits per heavy atom. The smallest absolute Gasteiger partial charge is 0.222 e. The van der Waals surface area contributed by atoms with Gasteiger partial charge in [-0.05, 0) is 0 Å². The monoisotopic (exact) mass is 259 g/mol. The van der Waals surface area contributed by atoms with Crippen LogP contribution in [0.5, 0.6) is 0 Å². The molecule has 0 radical (unpaired) electrons. The Hall–Kier alpha value is 0.557. The molecule has 1 N–H and O–H groups in total. The Morgan fingerprint density at radius 2 is 1.77 bits per heavy atom. The van der Waals surface area contributed by atoms with E-state index < -0.39 is 11.9 Å². The molecule has 0 unspecified atom stereocenters. The maximum absolute atomic E-state index is 11.3. The van der Waals surface area contributed by atoms with Crippen LogP contribution in [0.25, 0.3) is 0 Å². The molecule has 1 rings (SSSR count). The molecule has 1 saturated heterocycles. The van der Waals surface area contributed by atoms with Gasteiger partial charge in [0.2, 0.25) is 9.70 Å². The quantitative estimate of drug-likeness (QED) is 0.438. The molecule has 1 amide bonds. The Kier molecular flexibility index (Phi) is 2.95. The van der Waals surface area contributed by atoms with Gasteiger partial charge in [0, 0.05) is 0 Å². The minimum Gasteiger partial charge on any atom is -0.348 e. The summed E-state index contributed by atoms with van der Waals surface area (Å²) in [7, 11) is -1.58. The van der Waals surface area contributed by atoms with Crippen LogP contribution in [0, 0.1) is 0 Å². The summed E-state index contributed by atoms with van der Waals surface area (Å²) in [6.45, 7) is 6.29. The summed E-state index contributed by atoms with van der Waals surface area (Å²) in [5, 5.41) is 2.64. The van der Waals surface area contributed by atoms with E-state index in [9.17, 15) is 4.79 Å². The molecule has 1 fully saturated rings. The van der Waals surface area contributed by atoms with Crippen molar-refractivity contribution in [1.82, 2.24) is 5.32 Å². The van der Waals surface area contributed by atoms with Crippen molar-refractivity contribution in [3.8, 4) is 0 Å². The lowest BCUT2D eigenvalue weighted by atomic mass is 10.1. The maximum atomic E-state index is 11.3. The van der Waals surface area contributed by atoms with Gasteiger partial charge in [0.1, 0.15) is 0 Å². The van der Waals surface area contributed by atoms with Gasteiger partial charge in [0.15, 0.2) is 0 Å². The lowest BCUT2D eigenvalue weighted by Crippen LogP contribution is -2.66. The van der Waals surface area contributed by atoms with Crippen molar-refractivity contribution in [2.45, 2.75) is 35.0 Å². The maximum Gasteiger partial charge on any atom is 0.222 e. The minimum atomic E-state index is -1.58. The fourth-order valence-electron chi connectivity index (χ4n) is 1.55. The first kappa shape index (κ1) is 11.6. The van der Waals surface area contributed by atoms with Gasteiger partial charge in [-0.3, -0.25) is 4.79 Å². The van der Waals surface area contributed by atoms with Crippen LogP contribution in [0.4, 0.5) is 0 Å². The van der Waals surface area contributed by atoms with Gasteiger partial charge in [-0.15, -0.1) is 0 Å². The van der Waals surface area contributed by atoms with Crippen molar-refractivity contribution in [2.75, 3.05) is 0 Å². The molecule has 0 bridgehead atoms. The average molecular weight is 261 g/mol. The van der Waals surface area contributed by atoms with Crippen molar-refractivity contribution in [1.29, 1.82) is 0 Å². The summed E-state index contributed by atoms with van der Waals surface area (Å²) in [6, 6.07) is -0.309. The SMILES string of the molecule is C[Si](C)(C)[C@@H]1C(=O)N[C@@H]1C(Cl)(Cl)Cl. The van der Waals surface area contributed by atoms with Crippen LogP contribution in [0.2, 0.25) is 25.2 Å². The Labute approximate surface area is 93.9 Å². The van der Waals surface area contributed by atoms with Crippen LogP contribution in [0.15, 0.2) is 0 Å². The molecule has 6 heteroatoms. The van der Waals surface area contributed by atoms with Gasteiger partial charge in [-0.25, -0.2) is 0 Å². The van der Waals surface area contributed by atoms with E-state index in [1.807, 2.05) is 0 Å². The summed E-state index contributed by atoms with van der Waals surface area (Å²) in [6.07, 6.45) is 0. The van der Waals surface area contributed by atoms with E-state index in [0.29, 0.717) is 0 Å². The topological polar surface area (TPSA) is 29.1 Å². The summed E-state index contributed by atoms with van der Waals surface area (Å²) in [5.74, 6) is 0.0236. The van der Waals surface area contributed by atoms with Crippen molar-refractivity contribution < 1.29 is 4.79 Å². The molecule has 13 heavy (non-hydrogen) atoms. The Balaban J connectivity index is 2.79. The highest BCUT2D eigenvalue weighted by Gasteiger charge is 2.55. The van der Waals surface area contributed by atoms with Crippen LogP contribution in [-0.2, 0) is 4.79 Å². The van der Waals surface area contributed by atoms with Crippen molar-refractivity contribution in [2.24, 2.45) is 0 Å². The van der Waals surface area contributed by atoms with E-state index in [1.165, 1.54) is 0 Å². The highest BCUT2D eigenvalue weighted by Crippen LogP contribution is 2.45. The van der Waals surface area contributed by atoms with Crippen LogP contribution in [-0.4, -0.2) is 23.8 Å². The van der Waals surface area contributed by atoms with Crippen molar-refractivity contribution >= 4 is 48.8 Å². The zero-order valence-corrected chi connectivity index (χ0v) is 11.0. The molecule has 1 aliphatic heterocycles. The number of nitrogens with one attached hydrogen (secondary N) is 1. The van der Waals surface area contributed by atoms with Crippen LogP contribution < -0.4 is 5.32 Å². The number of hydrogen-bond donors (Lipinski definition) is 1. The molecule has 0 aliphatic carbocycles. The second kappa shape index (κ2) is 3.30.